The highest BCUT2D eigenvalue weighted by molar-refractivity contribution is 6.16. The molecule has 0 N–H and O–H groups in total. The van der Waals surface area contributed by atoms with Crippen LogP contribution in [0.4, 0.5) is 0 Å². The number of nitrogens with zero attached hydrogens (tertiary/aromatic N) is 1. The highest BCUT2D eigenvalue weighted by Gasteiger charge is 2.53. The first kappa shape index (κ1) is 32.6. The predicted molar refractivity (Wildman–Crippen MR) is 241 cm³/mol. The van der Waals surface area contributed by atoms with Crippen LogP contribution in [0.25, 0.3) is 49.7 Å². The van der Waals surface area contributed by atoms with Crippen molar-refractivity contribution in [3.63, 3.8) is 0 Å². The molecule has 59 heavy (non-hydrogen) atoms. The summed E-state index contributed by atoms with van der Waals surface area (Å²) in [6.45, 7) is 4.89. The molecule has 2 heterocycles. The van der Waals surface area contributed by atoms with Crippen LogP contribution in [0, 0.1) is 0 Å². The van der Waals surface area contributed by atoms with Gasteiger partial charge in [0, 0.05) is 27.5 Å². The zero-order chi connectivity index (χ0) is 38.9. The van der Waals surface area contributed by atoms with E-state index in [0.29, 0.717) is 0 Å². The average molecular weight is 752 g/mol. The molecule has 1 atom stereocenters. The summed E-state index contributed by atoms with van der Waals surface area (Å²) in [6.07, 6.45) is 9.66. The lowest BCUT2D eigenvalue weighted by molar-refractivity contribution is 0.437. The van der Waals surface area contributed by atoms with Crippen LogP contribution in [0.2, 0.25) is 0 Å². The van der Waals surface area contributed by atoms with Gasteiger partial charge in [0.25, 0.3) is 0 Å². The molecule has 0 bridgehead atoms. The van der Waals surface area contributed by atoms with Crippen LogP contribution in [0.5, 0.6) is 11.5 Å². The Balaban J connectivity index is 1.18. The van der Waals surface area contributed by atoms with E-state index >= 15 is 0 Å². The van der Waals surface area contributed by atoms with Crippen molar-refractivity contribution in [1.29, 1.82) is 0 Å². The Labute approximate surface area is 343 Å². The molecule has 0 radical (unpaired) electrons. The third-order valence-corrected chi connectivity index (χ3v) is 13.7. The molecular formula is C57H37NO. The summed E-state index contributed by atoms with van der Waals surface area (Å²) in [7, 11) is 0. The first-order valence-electron chi connectivity index (χ1n) is 20.6. The van der Waals surface area contributed by atoms with Crippen molar-refractivity contribution in [1.82, 2.24) is 4.57 Å². The van der Waals surface area contributed by atoms with Gasteiger partial charge in [-0.3, -0.25) is 0 Å². The van der Waals surface area contributed by atoms with E-state index in [4.69, 9.17) is 11.3 Å². The number of aromatic nitrogens is 1. The number of ether oxygens (including phenoxy) is 1. The first-order chi connectivity index (χ1) is 29.2. The van der Waals surface area contributed by atoms with Gasteiger partial charge in [-0.25, -0.2) is 0 Å². The van der Waals surface area contributed by atoms with E-state index in [9.17, 15) is 0 Å². The molecule has 13 rings (SSSR count). The number of para-hydroxylation sites is 3. The third kappa shape index (κ3) is 3.96. The minimum atomic E-state index is -0.597. The van der Waals surface area contributed by atoms with Gasteiger partial charge in [-0.2, -0.15) is 0 Å². The number of hydrogen-bond donors (Lipinski definition) is 0. The van der Waals surface area contributed by atoms with E-state index in [1.165, 1.54) is 94.3 Å². The monoisotopic (exact) mass is 751 g/mol. The zero-order valence-electron chi connectivity index (χ0n) is 32.3. The lowest BCUT2D eigenvalue weighted by atomic mass is 9.65. The van der Waals surface area contributed by atoms with Gasteiger partial charge in [0.15, 0.2) is 0 Å². The number of rotatable bonds is 1. The fourth-order valence-electron chi connectivity index (χ4n) is 11.6. The summed E-state index contributed by atoms with van der Waals surface area (Å²) in [5.41, 5.74) is 18.6. The number of fused-ring (bicyclic) bond motifs is 20. The zero-order valence-corrected chi connectivity index (χ0v) is 32.3. The minimum Gasteiger partial charge on any atom is -0.457 e. The Bertz CT molecular complexity index is 3330. The molecule has 1 unspecified atom stereocenters. The summed E-state index contributed by atoms with van der Waals surface area (Å²) in [5, 5.41) is 2.50. The maximum atomic E-state index is 6.74. The Morgan fingerprint density at radius 3 is 1.90 bits per heavy atom. The Morgan fingerprint density at radius 2 is 1.10 bits per heavy atom. The topological polar surface area (TPSA) is 14.2 Å². The lowest BCUT2D eigenvalue weighted by Crippen LogP contribution is -2.32. The highest BCUT2D eigenvalue weighted by atomic mass is 16.5. The first-order valence-corrected chi connectivity index (χ1v) is 20.6. The maximum Gasteiger partial charge on any atom is 0.132 e. The molecule has 2 heteroatoms. The summed E-state index contributed by atoms with van der Waals surface area (Å²) < 4.78 is 9.29. The molecule has 0 fully saturated rings. The second-order valence-electron chi connectivity index (χ2n) is 16.3. The molecule has 3 aliphatic carbocycles. The molecule has 0 saturated heterocycles. The van der Waals surface area contributed by atoms with Crippen molar-refractivity contribution in [3.05, 3.63) is 257 Å². The molecule has 2 spiro atoms. The SMILES string of the molecule is C=C1/C=C\C=C/Cc2ccccc2C12c1ccccc1-c1c(-n3c4ccccc4c4c5c(ccc43)-c3ccccc3C53c4ccccc4Oc4ccccc43)cccc12. The van der Waals surface area contributed by atoms with Crippen molar-refractivity contribution < 1.29 is 4.74 Å². The summed E-state index contributed by atoms with van der Waals surface area (Å²) in [5.74, 6) is 1.80. The summed E-state index contributed by atoms with van der Waals surface area (Å²) in [6, 6.07) is 65.1. The Kier molecular flexibility index (Phi) is 6.54. The van der Waals surface area contributed by atoms with E-state index in [2.05, 4.69) is 205 Å². The van der Waals surface area contributed by atoms with E-state index in [1.807, 2.05) is 0 Å². The van der Waals surface area contributed by atoms with Crippen molar-refractivity contribution in [2.75, 3.05) is 0 Å². The molecule has 0 saturated carbocycles. The Hall–Kier alpha value is -7.42. The molecular weight excluding hydrogens is 715 g/mol. The fourth-order valence-corrected chi connectivity index (χ4v) is 11.6. The molecule has 9 aromatic rings. The maximum absolute atomic E-state index is 6.74. The molecule has 4 aliphatic rings. The van der Waals surface area contributed by atoms with E-state index in [0.717, 1.165) is 23.5 Å². The minimum absolute atomic E-state index is 0.567. The molecule has 1 aromatic heterocycles. The van der Waals surface area contributed by atoms with Gasteiger partial charge < -0.3 is 9.30 Å². The third-order valence-electron chi connectivity index (χ3n) is 13.7. The van der Waals surface area contributed by atoms with Gasteiger partial charge in [-0.05, 0) is 92.4 Å². The molecule has 2 nitrogen and oxygen atoms in total. The van der Waals surface area contributed by atoms with Crippen LogP contribution in [0.3, 0.4) is 0 Å². The van der Waals surface area contributed by atoms with Crippen molar-refractivity contribution in [2.45, 2.75) is 17.3 Å². The predicted octanol–water partition coefficient (Wildman–Crippen LogP) is 13.8. The molecule has 8 aromatic carbocycles. The Morgan fingerprint density at radius 1 is 0.475 bits per heavy atom. The van der Waals surface area contributed by atoms with Crippen LogP contribution >= 0.6 is 0 Å². The normalized spacial score (nSPS) is 18.4. The van der Waals surface area contributed by atoms with Crippen LogP contribution in [-0.4, -0.2) is 4.57 Å². The van der Waals surface area contributed by atoms with Crippen molar-refractivity contribution in [2.24, 2.45) is 0 Å². The van der Waals surface area contributed by atoms with Crippen LogP contribution in [-0.2, 0) is 17.3 Å². The standard InChI is InChI=1S/C57H37NO/c1-36-18-3-2-4-19-37-20-5-9-24-42(37)56(36)44-26-11-7-22-40(44)53-47(56)29-17-31-49(53)58-48-30-14-8-23-41(48)54-50(58)35-34-39-38-21-6-10-25-43(38)57(55(39)54)45-27-12-15-32-51(45)59-52-33-16-13-28-46(52)57/h2-18,20-35H,1,19H2/b4-2-,18-3-. The van der Waals surface area contributed by atoms with Gasteiger partial charge in [-0.15, -0.1) is 0 Å². The number of allylic oxidation sites excluding steroid dienone is 5. The molecule has 1 aliphatic heterocycles. The van der Waals surface area contributed by atoms with E-state index in [1.54, 1.807) is 0 Å². The van der Waals surface area contributed by atoms with Crippen LogP contribution in [0.15, 0.2) is 212 Å². The summed E-state index contributed by atoms with van der Waals surface area (Å²) >= 11 is 0. The highest BCUT2D eigenvalue weighted by Crippen LogP contribution is 2.65. The van der Waals surface area contributed by atoms with Crippen molar-refractivity contribution in [3.8, 4) is 39.4 Å². The lowest BCUT2D eigenvalue weighted by Gasteiger charge is -2.39. The van der Waals surface area contributed by atoms with Gasteiger partial charge in [0.2, 0.25) is 0 Å². The van der Waals surface area contributed by atoms with Gasteiger partial charge in [0.1, 0.15) is 11.5 Å². The van der Waals surface area contributed by atoms with Gasteiger partial charge in [0.05, 0.1) is 27.6 Å². The second kappa shape index (κ2) is 11.8. The smallest absolute Gasteiger partial charge is 0.132 e. The van der Waals surface area contributed by atoms with Gasteiger partial charge >= 0.3 is 0 Å². The summed E-state index contributed by atoms with van der Waals surface area (Å²) in [4.78, 5) is 0. The molecule has 0 amide bonds. The average Bonchev–Trinajstić information content (AvgIpc) is 3.91. The number of hydrogen-bond acceptors (Lipinski definition) is 1. The van der Waals surface area contributed by atoms with E-state index in [-0.39, 0.29) is 0 Å². The van der Waals surface area contributed by atoms with Crippen LogP contribution < -0.4 is 4.74 Å². The largest absolute Gasteiger partial charge is 0.457 e. The quantitative estimate of drug-likeness (QED) is 0.163. The molecule has 276 valence electrons. The van der Waals surface area contributed by atoms with Gasteiger partial charge in [-0.1, -0.05) is 176 Å². The van der Waals surface area contributed by atoms with Crippen LogP contribution in [0.1, 0.15) is 44.5 Å². The fraction of sp³-hybridized carbons (Fsp3) is 0.0526. The number of benzene rings is 8. The van der Waals surface area contributed by atoms with Crippen molar-refractivity contribution >= 4 is 21.8 Å². The van der Waals surface area contributed by atoms with E-state index < -0.39 is 10.8 Å². The second-order valence-corrected chi connectivity index (χ2v) is 16.3.